The van der Waals surface area contributed by atoms with Gasteiger partial charge in [0.15, 0.2) is 0 Å². The van der Waals surface area contributed by atoms with Crippen molar-refractivity contribution < 1.29 is 9.59 Å². The van der Waals surface area contributed by atoms with Crippen LogP contribution in [0.3, 0.4) is 0 Å². The minimum absolute atomic E-state index is 0.297. The molecule has 0 aromatic carbocycles. The molecule has 22 heavy (non-hydrogen) atoms. The molecule has 6 nitrogen and oxygen atoms in total. The van der Waals surface area contributed by atoms with E-state index in [4.69, 9.17) is 0 Å². The SMILES string of the molecule is O=C(NCc1ccncc1)C(=O)NN=C1CCCCCCC1. The summed E-state index contributed by atoms with van der Waals surface area (Å²) in [6.45, 7) is 0.297. The van der Waals surface area contributed by atoms with E-state index < -0.39 is 11.8 Å². The summed E-state index contributed by atoms with van der Waals surface area (Å²) < 4.78 is 0. The van der Waals surface area contributed by atoms with Gasteiger partial charge < -0.3 is 5.32 Å². The largest absolute Gasteiger partial charge is 0.344 e. The van der Waals surface area contributed by atoms with Crippen molar-refractivity contribution in [3.05, 3.63) is 30.1 Å². The van der Waals surface area contributed by atoms with Crippen LogP contribution in [0.1, 0.15) is 50.5 Å². The number of carbonyl (C=O) groups is 2. The summed E-state index contributed by atoms with van der Waals surface area (Å²) in [6, 6.07) is 3.57. The van der Waals surface area contributed by atoms with Crippen LogP contribution in [-0.4, -0.2) is 22.5 Å². The van der Waals surface area contributed by atoms with Crippen LogP contribution >= 0.6 is 0 Å². The number of amides is 2. The fourth-order valence-electron chi connectivity index (χ4n) is 2.37. The zero-order valence-corrected chi connectivity index (χ0v) is 12.7. The molecule has 2 N–H and O–H groups in total. The van der Waals surface area contributed by atoms with Crippen LogP contribution in [0, 0.1) is 0 Å². The molecule has 2 rings (SSSR count). The fourth-order valence-corrected chi connectivity index (χ4v) is 2.37. The smallest absolute Gasteiger partial charge is 0.329 e. The molecule has 2 amide bonds. The van der Waals surface area contributed by atoms with E-state index in [0.717, 1.165) is 37.0 Å². The van der Waals surface area contributed by atoms with Crippen LogP contribution in [0.2, 0.25) is 0 Å². The molecule has 1 aliphatic rings. The lowest BCUT2D eigenvalue weighted by Gasteiger charge is -2.11. The van der Waals surface area contributed by atoms with Crippen molar-refractivity contribution in [2.24, 2.45) is 5.10 Å². The number of nitrogens with zero attached hydrogens (tertiary/aromatic N) is 2. The molecule has 6 heteroatoms. The van der Waals surface area contributed by atoms with Gasteiger partial charge in [-0.15, -0.1) is 0 Å². The number of rotatable bonds is 3. The van der Waals surface area contributed by atoms with Gasteiger partial charge in [0.1, 0.15) is 0 Å². The average Bonchev–Trinajstić information content (AvgIpc) is 2.52. The molecule has 0 unspecified atom stereocenters. The number of hydrogen-bond donors (Lipinski definition) is 2. The van der Waals surface area contributed by atoms with E-state index in [9.17, 15) is 9.59 Å². The van der Waals surface area contributed by atoms with Crippen molar-refractivity contribution in [2.75, 3.05) is 0 Å². The molecule has 0 radical (unpaired) electrons. The Hall–Kier alpha value is -2.24. The molecule has 118 valence electrons. The van der Waals surface area contributed by atoms with Gasteiger partial charge in [-0.3, -0.25) is 14.6 Å². The predicted molar refractivity (Wildman–Crippen MR) is 84.0 cm³/mol. The maximum atomic E-state index is 11.7. The van der Waals surface area contributed by atoms with Crippen LogP contribution in [0.5, 0.6) is 0 Å². The first-order chi connectivity index (χ1) is 10.8. The topological polar surface area (TPSA) is 83.5 Å². The highest BCUT2D eigenvalue weighted by molar-refractivity contribution is 6.35. The van der Waals surface area contributed by atoms with Crippen LogP contribution < -0.4 is 10.7 Å². The second kappa shape index (κ2) is 8.92. The van der Waals surface area contributed by atoms with Gasteiger partial charge in [-0.05, 0) is 43.4 Å². The summed E-state index contributed by atoms with van der Waals surface area (Å²) in [4.78, 5) is 27.3. The van der Waals surface area contributed by atoms with Crippen molar-refractivity contribution in [3.63, 3.8) is 0 Å². The molecule has 1 heterocycles. The Morgan fingerprint density at radius 1 is 1.00 bits per heavy atom. The highest BCUT2D eigenvalue weighted by Gasteiger charge is 2.13. The lowest BCUT2D eigenvalue weighted by molar-refractivity contribution is -0.139. The molecule has 1 aliphatic carbocycles. The van der Waals surface area contributed by atoms with Crippen LogP contribution in [0.15, 0.2) is 29.6 Å². The highest BCUT2D eigenvalue weighted by Crippen LogP contribution is 2.14. The molecule has 1 aromatic rings. The van der Waals surface area contributed by atoms with Crippen molar-refractivity contribution in [1.29, 1.82) is 0 Å². The second-order valence-electron chi connectivity index (χ2n) is 5.42. The lowest BCUT2D eigenvalue weighted by Crippen LogP contribution is -2.37. The highest BCUT2D eigenvalue weighted by atomic mass is 16.2. The maximum absolute atomic E-state index is 11.7. The third-order valence-electron chi connectivity index (χ3n) is 3.65. The molecule has 1 aromatic heterocycles. The number of nitrogens with one attached hydrogen (secondary N) is 2. The van der Waals surface area contributed by atoms with Crippen molar-refractivity contribution in [2.45, 2.75) is 51.5 Å². The Kier molecular flexibility index (Phi) is 6.54. The second-order valence-corrected chi connectivity index (χ2v) is 5.42. The van der Waals surface area contributed by atoms with Crippen LogP contribution in [0.25, 0.3) is 0 Å². The Labute approximate surface area is 130 Å². The van der Waals surface area contributed by atoms with Gasteiger partial charge in [0.25, 0.3) is 0 Å². The molecule has 1 saturated carbocycles. The fraction of sp³-hybridized carbons (Fsp3) is 0.500. The lowest BCUT2D eigenvalue weighted by atomic mass is 9.99. The Morgan fingerprint density at radius 3 is 2.32 bits per heavy atom. The molecule has 1 fully saturated rings. The van der Waals surface area contributed by atoms with E-state index in [1.807, 2.05) is 0 Å². The number of pyridine rings is 1. The first kappa shape index (κ1) is 16.1. The molecule has 0 spiro atoms. The van der Waals surface area contributed by atoms with Crippen molar-refractivity contribution in [1.82, 2.24) is 15.7 Å². The van der Waals surface area contributed by atoms with E-state index in [-0.39, 0.29) is 0 Å². The molecule has 0 aliphatic heterocycles. The van der Waals surface area contributed by atoms with E-state index in [2.05, 4.69) is 20.8 Å². The molecule has 0 atom stereocenters. The number of aromatic nitrogens is 1. The van der Waals surface area contributed by atoms with E-state index in [1.165, 1.54) is 19.3 Å². The summed E-state index contributed by atoms with van der Waals surface area (Å²) in [5, 5.41) is 6.67. The third kappa shape index (κ3) is 5.63. The summed E-state index contributed by atoms with van der Waals surface area (Å²) in [6.07, 6.45) is 11.0. The summed E-state index contributed by atoms with van der Waals surface area (Å²) in [5.41, 5.74) is 4.23. The summed E-state index contributed by atoms with van der Waals surface area (Å²) in [7, 11) is 0. The maximum Gasteiger partial charge on any atom is 0.329 e. The van der Waals surface area contributed by atoms with Gasteiger partial charge in [0, 0.05) is 24.7 Å². The van der Waals surface area contributed by atoms with Crippen LogP contribution in [0.4, 0.5) is 0 Å². The average molecular weight is 302 g/mol. The Balaban J connectivity index is 1.76. The minimum atomic E-state index is -0.719. The van der Waals surface area contributed by atoms with Gasteiger partial charge in [-0.2, -0.15) is 5.10 Å². The summed E-state index contributed by atoms with van der Waals surface area (Å²) in [5.74, 6) is -1.39. The van der Waals surface area contributed by atoms with E-state index >= 15 is 0 Å². The molecular formula is C16H22N4O2. The Morgan fingerprint density at radius 2 is 1.64 bits per heavy atom. The standard InChI is InChI=1S/C16H22N4O2/c21-15(18-12-13-8-10-17-11-9-13)16(22)20-19-14-6-4-2-1-3-5-7-14/h8-11H,1-7,12H2,(H,18,21)(H,20,22). The Bertz CT molecular complexity index is 518. The number of hydrogen-bond acceptors (Lipinski definition) is 4. The first-order valence-corrected chi connectivity index (χ1v) is 7.78. The van der Waals surface area contributed by atoms with Crippen molar-refractivity contribution in [3.8, 4) is 0 Å². The number of carbonyl (C=O) groups excluding carboxylic acids is 2. The van der Waals surface area contributed by atoms with Gasteiger partial charge in [-0.25, -0.2) is 5.43 Å². The first-order valence-electron chi connectivity index (χ1n) is 7.78. The van der Waals surface area contributed by atoms with Gasteiger partial charge in [0.2, 0.25) is 0 Å². The predicted octanol–water partition coefficient (Wildman–Crippen LogP) is 1.91. The van der Waals surface area contributed by atoms with Gasteiger partial charge >= 0.3 is 11.8 Å². The van der Waals surface area contributed by atoms with Gasteiger partial charge in [0.05, 0.1) is 0 Å². The normalized spacial score (nSPS) is 15.4. The van der Waals surface area contributed by atoms with E-state index in [1.54, 1.807) is 24.5 Å². The van der Waals surface area contributed by atoms with Crippen molar-refractivity contribution >= 4 is 17.5 Å². The molecular weight excluding hydrogens is 280 g/mol. The van der Waals surface area contributed by atoms with Crippen LogP contribution in [-0.2, 0) is 16.1 Å². The number of hydrazone groups is 1. The zero-order valence-electron chi connectivity index (χ0n) is 12.7. The minimum Gasteiger partial charge on any atom is -0.344 e. The molecule has 0 bridgehead atoms. The van der Waals surface area contributed by atoms with Gasteiger partial charge in [-0.1, -0.05) is 19.3 Å². The zero-order chi connectivity index (χ0) is 15.6. The summed E-state index contributed by atoms with van der Waals surface area (Å²) >= 11 is 0. The molecule has 0 saturated heterocycles. The quantitative estimate of drug-likeness (QED) is 0.661. The monoisotopic (exact) mass is 302 g/mol. The third-order valence-corrected chi connectivity index (χ3v) is 3.65. The van der Waals surface area contributed by atoms with E-state index in [0.29, 0.717) is 6.54 Å².